The van der Waals surface area contributed by atoms with Gasteiger partial charge in [0.1, 0.15) is 0 Å². The maximum Gasteiger partial charge on any atom is 0.0547 e. The monoisotopic (exact) mass is 616 g/mol. The van der Waals surface area contributed by atoms with Gasteiger partial charge in [-0.25, -0.2) is 0 Å². The van der Waals surface area contributed by atoms with E-state index in [-0.39, 0.29) is 0 Å². The normalized spacial score (nSPS) is 11.8. The number of fused-ring (bicyclic) bond motifs is 9. The summed E-state index contributed by atoms with van der Waals surface area (Å²) in [4.78, 5) is 2.38. The first kappa shape index (κ1) is 26.3. The molecule has 0 aliphatic rings. The van der Waals surface area contributed by atoms with Crippen LogP contribution in [0.15, 0.2) is 170 Å². The third-order valence-corrected chi connectivity index (χ3v) is 10.7. The van der Waals surface area contributed by atoms with Gasteiger partial charge in [-0.05, 0) is 94.3 Å². The lowest BCUT2D eigenvalue weighted by Crippen LogP contribution is -2.09. The number of aromatic nitrogens is 1. The van der Waals surface area contributed by atoms with E-state index in [0.29, 0.717) is 0 Å². The van der Waals surface area contributed by atoms with Gasteiger partial charge in [0.25, 0.3) is 0 Å². The summed E-state index contributed by atoms with van der Waals surface area (Å²) in [5.41, 5.74) is 7.07. The van der Waals surface area contributed by atoms with Crippen molar-refractivity contribution in [3.05, 3.63) is 170 Å². The van der Waals surface area contributed by atoms with Gasteiger partial charge in [-0.2, -0.15) is 0 Å². The number of hydrogen-bond donors (Lipinski definition) is 0. The average Bonchev–Trinajstić information content (AvgIpc) is 3.66. The smallest absolute Gasteiger partial charge is 0.0547 e. The quantitative estimate of drug-likeness (QED) is 0.179. The molecule has 0 amide bonds. The van der Waals surface area contributed by atoms with E-state index in [0.717, 1.165) is 17.1 Å². The van der Waals surface area contributed by atoms with Crippen LogP contribution >= 0.6 is 11.3 Å². The average molecular weight is 617 g/mol. The number of rotatable bonds is 4. The van der Waals surface area contributed by atoms with Gasteiger partial charge in [0.15, 0.2) is 0 Å². The van der Waals surface area contributed by atoms with Gasteiger partial charge in [-0.3, -0.25) is 0 Å². The Morgan fingerprint density at radius 1 is 0.362 bits per heavy atom. The van der Waals surface area contributed by atoms with Gasteiger partial charge in [-0.15, -0.1) is 11.3 Å². The lowest BCUT2D eigenvalue weighted by atomic mass is 9.99. The van der Waals surface area contributed by atoms with E-state index in [1.165, 1.54) is 69.2 Å². The van der Waals surface area contributed by atoms with Gasteiger partial charge in [0.05, 0.1) is 11.0 Å². The van der Waals surface area contributed by atoms with Crippen molar-refractivity contribution < 1.29 is 0 Å². The molecule has 10 aromatic rings. The molecular weight excluding hydrogens is 589 g/mol. The fraction of sp³-hybridized carbons (Fsp3) is 0. The molecule has 3 heteroatoms. The van der Waals surface area contributed by atoms with Crippen molar-refractivity contribution in [2.24, 2.45) is 0 Å². The summed E-state index contributed by atoms with van der Waals surface area (Å²) in [5.74, 6) is 0. The van der Waals surface area contributed by atoms with Crippen molar-refractivity contribution in [1.82, 2.24) is 4.57 Å². The molecule has 0 fully saturated rings. The van der Waals surface area contributed by atoms with Crippen molar-refractivity contribution in [2.45, 2.75) is 0 Å². The molecule has 0 bridgehead atoms. The fourth-order valence-electron chi connectivity index (χ4n) is 7.39. The highest BCUT2D eigenvalue weighted by Gasteiger charge is 2.17. The first-order valence-corrected chi connectivity index (χ1v) is 16.8. The van der Waals surface area contributed by atoms with Crippen molar-refractivity contribution in [3.8, 4) is 5.69 Å². The van der Waals surface area contributed by atoms with Crippen LogP contribution in [-0.2, 0) is 0 Å². The predicted octanol–water partition coefficient (Wildman–Crippen LogP) is 12.9. The van der Waals surface area contributed by atoms with Crippen LogP contribution in [0.3, 0.4) is 0 Å². The lowest BCUT2D eigenvalue weighted by molar-refractivity contribution is 1.18. The van der Waals surface area contributed by atoms with E-state index < -0.39 is 0 Å². The molecule has 8 aromatic carbocycles. The minimum Gasteiger partial charge on any atom is -0.310 e. The zero-order valence-corrected chi connectivity index (χ0v) is 26.3. The first-order valence-electron chi connectivity index (χ1n) is 16.0. The maximum atomic E-state index is 2.40. The molecule has 0 N–H and O–H groups in total. The van der Waals surface area contributed by atoms with E-state index in [1.807, 2.05) is 11.3 Å². The van der Waals surface area contributed by atoms with E-state index in [4.69, 9.17) is 0 Å². The highest BCUT2D eigenvalue weighted by molar-refractivity contribution is 7.25. The molecule has 0 aliphatic heterocycles. The Morgan fingerprint density at radius 2 is 1.00 bits per heavy atom. The van der Waals surface area contributed by atoms with Gasteiger partial charge < -0.3 is 9.47 Å². The lowest BCUT2D eigenvalue weighted by Gasteiger charge is -2.26. The Bertz CT molecular complexity index is 2790. The number of benzene rings is 8. The topological polar surface area (TPSA) is 8.17 Å². The van der Waals surface area contributed by atoms with Crippen molar-refractivity contribution in [2.75, 3.05) is 4.90 Å². The van der Waals surface area contributed by atoms with Crippen molar-refractivity contribution in [1.29, 1.82) is 0 Å². The van der Waals surface area contributed by atoms with Crippen molar-refractivity contribution >= 4 is 91.9 Å². The Hall–Kier alpha value is -5.90. The largest absolute Gasteiger partial charge is 0.310 e. The van der Waals surface area contributed by atoms with Crippen LogP contribution in [0.5, 0.6) is 0 Å². The molecule has 0 saturated heterocycles. The molecule has 47 heavy (non-hydrogen) atoms. The molecule has 10 rings (SSSR count). The fourth-order valence-corrected chi connectivity index (χ4v) is 8.53. The second kappa shape index (κ2) is 10.3. The molecule has 2 heterocycles. The molecule has 2 aromatic heterocycles. The second-order valence-corrected chi connectivity index (χ2v) is 13.3. The van der Waals surface area contributed by atoms with Crippen LogP contribution in [0.2, 0.25) is 0 Å². The van der Waals surface area contributed by atoms with Gasteiger partial charge >= 0.3 is 0 Å². The highest BCUT2D eigenvalue weighted by Crippen LogP contribution is 2.42. The third-order valence-electron chi connectivity index (χ3n) is 9.52. The Balaban J connectivity index is 1.18. The van der Waals surface area contributed by atoms with E-state index in [9.17, 15) is 0 Å². The number of nitrogens with zero attached hydrogens (tertiary/aromatic N) is 2. The zero-order chi connectivity index (χ0) is 30.9. The summed E-state index contributed by atoms with van der Waals surface area (Å²) in [7, 11) is 0. The standard InChI is InChI=1S/C44H28N2S/c1-3-11-31(12-4-1)45(34-22-24-38-37-16-8-10-18-43(37)47-44(38)27-34)33-21-23-35-29(25-33)19-20-30-26-40-36-15-7-9-17-41(36)46(42(40)28-39(30)35)32-13-5-2-6-14-32/h1-28H. The number of hydrogen-bond acceptors (Lipinski definition) is 2. The van der Waals surface area contributed by atoms with E-state index in [2.05, 4.69) is 179 Å². The third kappa shape index (κ3) is 4.10. The molecule has 0 aliphatic carbocycles. The second-order valence-electron chi connectivity index (χ2n) is 12.2. The summed E-state index contributed by atoms with van der Waals surface area (Å²) in [6, 6.07) is 62.0. The number of thiophene rings is 1. The first-order chi connectivity index (χ1) is 23.3. The van der Waals surface area contributed by atoms with Crippen LogP contribution in [0.25, 0.3) is 69.2 Å². The molecule has 2 nitrogen and oxygen atoms in total. The summed E-state index contributed by atoms with van der Waals surface area (Å²) in [5, 5.41) is 10.2. The summed E-state index contributed by atoms with van der Waals surface area (Å²) in [6.07, 6.45) is 0. The predicted molar refractivity (Wildman–Crippen MR) is 203 cm³/mol. The Labute approximate surface area is 276 Å². The van der Waals surface area contributed by atoms with Crippen LogP contribution in [-0.4, -0.2) is 4.57 Å². The van der Waals surface area contributed by atoms with Gasteiger partial charge in [-0.1, -0.05) is 97.1 Å². The molecule has 0 radical (unpaired) electrons. The Kier molecular flexibility index (Phi) is 5.78. The Morgan fingerprint density at radius 3 is 1.83 bits per heavy atom. The van der Waals surface area contributed by atoms with E-state index >= 15 is 0 Å². The molecule has 0 spiro atoms. The minimum atomic E-state index is 1.14. The molecular formula is C44H28N2S. The maximum absolute atomic E-state index is 2.40. The van der Waals surface area contributed by atoms with Gasteiger partial charge in [0, 0.05) is 53.7 Å². The molecule has 220 valence electrons. The molecule has 0 atom stereocenters. The van der Waals surface area contributed by atoms with Crippen LogP contribution in [0.1, 0.15) is 0 Å². The van der Waals surface area contributed by atoms with Crippen molar-refractivity contribution in [3.63, 3.8) is 0 Å². The molecule has 0 unspecified atom stereocenters. The number of anilines is 3. The zero-order valence-electron chi connectivity index (χ0n) is 25.5. The number of para-hydroxylation sites is 3. The van der Waals surface area contributed by atoms with E-state index in [1.54, 1.807) is 0 Å². The molecule has 0 saturated carbocycles. The van der Waals surface area contributed by atoms with Crippen LogP contribution in [0, 0.1) is 0 Å². The SMILES string of the molecule is c1ccc(N(c2ccc3c(ccc4cc5c6ccccc6n(-c6ccccc6)c5cc43)c2)c2ccc3c(c2)sc2ccccc23)cc1. The summed E-state index contributed by atoms with van der Waals surface area (Å²) >= 11 is 1.86. The minimum absolute atomic E-state index is 1.14. The summed E-state index contributed by atoms with van der Waals surface area (Å²) in [6.45, 7) is 0. The van der Waals surface area contributed by atoms with Gasteiger partial charge in [0.2, 0.25) is 0 Å². The van der Waals surface area contributed by atoms with Crippen LogP contribution < -0.4 is 4.90 Å². The summed E-state index contributed by atoms with van der Waals surface area (Å²) < 4.78 is 5.02. The highest BCUT2D eigenvalue weighted by atomic mass is 32.1. The van der Waals surface area contributed by atoms with Crippen LogP contribution in [0.4, 0.5) is 17.1 Å².